The topological polar surface area (TPSA) is 86.7 Å². The number of sulfonamides is 1. The predicted octanol–water partition coefficient (Wildman–Crippen LogP) is 0.961. The largest absolute Gasteiger partial charge is 0.389 e. The summed E-state index contributed by atoms with van der Waals surface area (Å²) in [7, 11) is -3.67. The summed E-state index contributed by atoms with van der Waals surface area (Å²) in [4.78, 5) is 14.0. The lowest BCUT2D eigenvalue weighted by atomic mass is 10.00. The van der Waals surface area contributed by atoms with Crippen LogP contribution >= 0.6 is 0 Å². The first-order valence-electron chi connectivity index (χ1n) is 8.46. The summed E-state index contributed by atoms with van der Waals surface area (Å²) in [5.41, 5.74) is 1.77. The van der Waals surface area contributed by atoms with Gasteiger partial charge in [-0.3, -0.25) is 4.79 Å². The fraction of sp³-hybridized carbons (Fsp3) is 0.588. The van der Waals surface area contributed by atoms with E-state index in [0.29, 0.717) is 25.8 Å². The molecule has 0 radical (unpaired) electrons. The van der Waals surface area contributed by atoms with E-state index < -0.39 is 15.6 Å². The van der Waals surface area contributed by atoms with E-state index >= 15 is 0 Å². The Morgan fingerprint density at radius 1 is 1.25 bits per heavy atom. The van der Waals surface area contributed by atoms with Crippen LogP contribution in [0, 0.1) is 5.92 Å². The van der Waals surface area contributed by atoms with E-state index in [4.69, 9.17) is 0 Å². The summed E-state index contributed by atoms with van der Waals surface area (Å²) in [5.74, 6) is 0.302. The zero-order chi connectivity index (χ0) is 17.1. The highest BCUT2D eigenvalue weighted by Crippen LogP contribution is 2.40. The predicted molar refractivity (Wildman–Crippen MR) is 89.4 cm³/mol. The molecule has 4 rings (SSSR count). The highest BCUT2D eigenvalue weighted by Gasteiger charge is 2.40. The van der Waals surface area contributed by atoms with Gasteiger partial charge in [-0.25, -0.2) is 13.1 Å². The Morgan fingerprint density at radius 3 is 2.58 bits per heavy atom. The van der Waals surface area contributed by atoms with Crippen LogP contribution in [0.3, 0.4) is 0 Å². The van der Waals surface area contributed by atoms with Gasteiger partial charge in [0, 0.05) is 19.5 Å². The number of nitrogens with one attached hydrogen (secondary N) is 1. The SMILES string of the molecule is C[C@@](O)(CNS(=O)(=O)c1cc2c3c(c1)CCN3C(=O)CC2)C1CC1. The molecular formula is C17H22N2O4S. The minimum absolute atomic E-state index is 0.0248. The molecule has 1 amide bonds. The molecule has 1 fully saturated rings. The van der Waals surface area contributed by atoms with Gasteiger partial charge in [0.2, 0.25) is 15.9 Å². The number of hydrogen-bond acceptors (Lipinski definition) is 4. The molecule has 7 heteroatoms. The van der Waals surface area contributed by atoms with E-state index in [1.165, 1.54) is 0 Å². The summed E-state index contributed by atoms with van der Waals surface area (Å²) in [6.45, 7) is 2.34. The van der Waals surface area contributed by atoms with Crippen molar-refractivity contribution in [1.29, 1.82) is 0 Å². The normalized spacial score (nSPS) is 22.4. The Bertz CT molecular complexity index is 812. The van der Waals surface area contributed by atoms with Gasteiger partial charge >= 0.3 is 0 Å². The molecule has 2 heterocycles. The van der Waals surface area contributed by atoms with Crippen LogP contribution in [0.5, 0.6) is 0 Å². The Balaban J connectivity index is 1.61. The quantitative estimate of drug-likeness (QED) is 0.828. The lowest BCUT2D eigenvalue weighted by Crippen LogP contribution is -2.42. The Labute approximate surface area is 141 Å². The Morgan fingerprint density at radius 2 is 1.92 bits per heavy atom. The molecule has 130 valence electrons. The first-order chi connectivity index (χ1) is 11.3. The van der Waals surface area contributed by atoms with Crippen molar-refractivity contribution in [3.05, 3.63) is 23.3 Å². The number of hydrogen-bond donors (Lipinski definition) is 2. The number of aryl methyl sites for hydroxylation is 1. The van der Waals surface area contributed by atoms with Crippen LogP contribution in [0.15, 0.2) is 17.0 Å². The van der Waals surface area contributed by atoms with Crippen molar-refractivity contribution in [2.45, 2.75) is 49.5 Å². The molecule has 3 aliphatic rings. The molecule has 0 bridgehead atoms. The van der Waals surface area contributed by atoms with E-state index in [2.05, 4.69) is 4.72 Å². The van der Waals surface area contributed by atoms with Gasteiger partial charge in [-0.1, -0.05) is 0 Å². The zero-order valence-corrected chi connectivity index (χ0v) is 14.5. The Hall–Kier alpha value is -1.44. The minimum atomic E-state index is -3.67. The second-order valence-electron chi connectivity index (χ2n) is 7.34. The number of carbonyl (C=O) groups is 1. The highest BCUT2D eigenvalue weighted by atomic mass is 32.2. The molecule has 1 aromatic carbocycles. The molecule has 1 aromatic rings. The second-order valence-corrected chi connectivity index (χ2v) is 9.11. The number of nitrogens with zero attached hydrogens (tertiary/aromatic N) is 1. The van der Waals surface area contributed by atoms with E-state index in [0.717, 1.165) is 29.7 Å². The molecule has 0 aromatic heterocycles. The van der Waals surface area contributed by atoms with Gasteiger partial charge in [0.15, 0.2) is 0 Å². The molecule has 0 unspecified atom stereocenters. The Kier molecular flexibility index (Phi) is 3.53. The number of aliphatic hydroxyl groups is 1. The van der Waals surface area contributed by atoms with Crippen LogP contribution in [0.4, 0.5) is 5.69 Å². The molecule has 1 atom stereocenters. The van der Waals surface area contributed by atoms with Crippen LogP contribution in [-0.2, 0) is 27.7 Å². The van der Waals surface area contributed by atoms with Crippen LogP contribution in [0.25, 0.3) is 0 Å². The fourth-order valence-electron chi connectivity index (χ4n) is 3.76. The number of amides is 1. The second kappa shape index (κ2) is 5.28. The smallest absolute Gasteiger partial charge is 0.240 e. The van der Waals surface area contributed by atoms with Crippen LogP contribution in [0.1, 0.15) is 37.3 Å². The maximum atomic E-state index is 12.7. The summed E-state index contributed by atoms with van der Waals surface area (Å²) < 4.78 is 27.9. The molecule has 6 nitrogen and oxygen atoms in total. The monoisotopic (exact) mass is 350 g/mol. The van der Waals surface area contributed by atoms with Crippen molar-refractivity contribution in [2.24, 2.45) is 5.92 Å². The van der Waals surface area contributed by atoms with Crippen molar-refractivity contribution in [3.8, 4) is 0 Å². The molecule has 24 heavy (non-hydrogen) atoms. The standard InChI is InChI=1S/C17H22N2O4S/c1-17(21,13-3-4-13)10-18-24(22,23)14-8-11-2-5-15(20)19-7-6-12(9-14)16(11)19/h8-9,13,18,21H,2-7,10H2,1H3/t17-/m1/s1. The average molecular weight is 350 g/mol. The van der Waals surface area contributed by atoms with Crippen LogP contribution in [0.2, 0.25) is 0 Å². The number of carbonyl (C=O) groups excluding carboxylic acids is 1. The lowest BCUT2D eigenvalue weighted by Gasteiger charge is -2.26. The first kappa shape index (κ1) is 16.1. The van der Waals surface area contributed by atoms with Crippen molar-refractivity contribution in [3.63, 3.8) is 0 Å². The van der Waals surface area contributed by atoms with Crippen LogP contribution in [-0.4, -0.2) is 38.1 Å². The van der Waals surface area contributed by atoms with Crippen LogP contribution < -0.4 is 9.62 Å². The highest BCUT2D eigenvalue weighted by molar-refractivity contribution is 7.89. The maximum Gasteiger partial charge on any atom is 0.240 e. The average Bonchev–Trinajstić information content (AvgIpc) is 3.31. The fourth-order valence-corrected chi connectivity index (χ4v) is 5.00. The minimum Gasteiger partial charge on any atom is -0.389 e. The van der Waals surface area contributed by atoms with Gasteiger partial charge in [-0.2, -0.15) is 0 Å². The summed E-state index contributed by atoms with van der Waals surface area (Å²) in [6.07, 6.45) is 3.60. The van der Waals surface area contributed by atoms with Gasteiger partial charge in [0.25, 0.3) is 0 Å². The van der Waals surface area contributed by atoms with Crippen molar-refractivity contribution in [2.75, 3.05) is 18.0 Å². The van der Waals surface area contributed by atoms with Gasteiger partial charge < -0.3 is 10.0 Å². The van der Waals surface area contributed by atoms with Crippen molar-refractivity contribution >= 4 is 21.6 Å². The first-order valence-corrected chi connectivity index (χ1v) is 9.94. The van der Waals surface area contributed by atoms with Gasteiger partial charge in [-0.05, 0) is 61.8 Å². The van der Waals surface area contributed by atoms with Gasteiger partial charge in [-0.15, -0.1) is 0 Å². The third-order valence-corrected chi connectivity index (χ3v) is 6.79. The third-order valence-electron chi connectivity index (χ3n) is 5.41. The molecule has 0 saturated heterocycles. The molecule has 0 spiro atoms. The summed E-state index contributed by atoms with van der Waals surface area (Å²) >= 11 is 0. The van der Waals surface area contributed by atoms with E-state index in [1.54, 1.807) is 24.0 Å². The molecule has 1 aliphatic carbocycles. The molecule has 1 saturated carbocycles. The van der Waals surface area contributed by atoms with Gasteiger partial charge in [0.05, 0.1) is 16.2 Å². The zero-order valence-electron chi connectivity index (χ0n) is 13.7. The maximum absolute atomic E-state index is 12.7. The van der Waals surface area contributed by atoms with Crippen molar-refractivity contribution < 1.29 is 18.3 Å². The number of benzene rings is 1. The number of rotatable bonds is 5. The van der Waals surface area contributed by atoms with Crippen molar-refractivity contribution in [1.82, 2.24) is 4.72 Å². The summed E-state index contributed by atoms with van der Waals surface area (Å²) in [5, 5.41) is 10.3. The van der Waals surface area contributed by atoms with Gasteiger partial charge in [0.1, 0.15) is 0 Å². The van der Waals surface area contributed by atoms with E-state index in [1.807, 2.05) is 0 Å². The van der Waals surface area contributed by atoms with E-state index in [-0.39, 0.29) is 23.3 Å². The van der Waals surface area contributed by atoms with E-state index in [9.17, 15) is 18.3 Å². The number of anilines is 1. The lowest BCUT2D eigenvalue weighted by molar-refractivity contribution is -0.118. The molecular weight excluding hydrogens is 328 g/mol. The third kappa shape index (κ3) is 2.64. The molecule has 2 aliphatic heterocycles. The summed E-state index contributed by atoms with van der Waals surface area (Å²) in [6, 6.07) is 3.35. The molecule has 2 N–H and O–H groups in total.